The van der Waals surface area contributed by atoms with Crippen LogP contribution in [-0.4, -0.2) is 67.2 Å². The molecule has 27 heavy (non-hydrogen) atoms. The molecule has 2 aliphatic rings. The van der Waals surface area contributed by atoms with Gasteiger partial charge in [-0.2, -0.15) is 0 Å². The molecule has 1 aromatic carbocycles. The van der Waals surface area contributed by atoms with E-state index in [4.69, 9.17) is 9.47 Å². The van der Waals surface area contributed by atoms with E-state index in [1.807, 2.05) is 4.90 Å². The quantitative estimate of drug-likeness (QED) is 0.436. The summed E-state index contributed by atoms with van der Waals surface area (Å²) in [6.45, 7) is 4.95. The van der Waals surface area contributed by atoms with Crippen LogP contribution in [0.3, 0.4) is 0 Å². The fourth-order valence-corrected chi connectivity index (χ4v) is 3.34. The number of esters is 1. The lowest BCUT2D eigenvalue weighted by Crippen LogP contribution is -2.38. The minimum absolute atomic E-state index is 0.0554. The average molecular weight is 377 g/mol. The Bertz CT molecular complexity index is 726. The van der Waals surface area contributed by atoms with Crippen LogP contribution in [0, 0.1) is 10.1 Å². The first kappa shape index (κ1) is 19.1. The van der Waals surface area contributed by atoms with Gasteiger partial charge in [0.25, 0.3) is 11.6 Å². The summed E-state index contributed by atoms with van der Waals surface area (Å²) in [6, 6.07) is 4.25. The number of likely N-dealkylation sites (tertiary alicyclic amines) is 1. The minimum Gasteiger partial charge on any atom is -0.449 e. The summed E-state index contributed by atoms with van der Waals surface area (Å²) in [4.78, 5) is 39.1. The van der Waals surface area contributed by atoms with Gasteiger partial charge in [-0.15, -0.1) is 0 Å². The van der Waals surface area contributed by atoms with Gasteiger partial charge in [0.1, 0.15) is 5.69 Å². The van der Waals surface area contributed by atoms with Gasteiger partial charge in [-0.25, -0.2) is 4.79 Å². The predicted octanol–water partition coefficient (Wildman–Crippen LogP) is 1.60. The van der Waals surface area contributed by atoms with Crippen LogP contribution in [0.5, 0.6) is 0 Å². The molecule has 2 saturated heterocycles. The van der Waals surface area contributed by atoms with E-state index in [1.165, 1.54) is 19.1 Å². The Hall–Kier alpha value is -2.68. The van der Waals surface area contributed by atoms with Crippen LogP contribution in [0.2, 0.25) is 0 Å². The van der Waals surface area contributed by atoms with Gasteiger partial charge in [0.15, 0.2) is 6.10 Å². The molecule has 2 aliphatic heterocycles. The normalized spacial score (nSPS) is 18.3. The Kier molecular flexibility index (Phi) is 5.90. The number of rotatable bonds is 5. The molecule has 0 spiro atoms. The number of ether oxygens (including phenoxy) is 2. The van der Waals surface area contributed by atoms with Crippen LogP contribution in [0.1, 0.15) is 30.1 Å². The molecule has 0 saturated carbocycles. The number of hydrogen-bond acceptors (Lipinski definition) is 7. The number of nitrogens with zero attached hydrogens (tertiary/aromatic N) is 3. The van der Waals surface area contributed by atoms with Crippen molar-refractivity contribution in [3.63, 3.8) is 0 Å². The van der Waals surface area contributed by atoms with Crippen molar-refractivity contribution < 1.29 is 24.0 Å². The number of nitro groups is 1. The van der Waals surface area contributed by atoms with Crippen LogP contribution in [-0.2, 0) is 14.3 Å². The molecule has 9 nitrogen and oxygen atoms in total. The Labute approximate surface area is 157 Å². The molecule has 1 aromatic rings. The average Bonchev–Trinajstić information content (AvgIpc) is 3.22. The molecule has 0 N–H and O–H groups in total. The fourth-order valence-electron chi connectivity index (χ4n) is 3.34. The molecular weight excluding hydrogens is 354 g/mol. The van der Waals surface area contributed by atoms with E-state index >= 15 is 0 Å². The lowest BCUT2D eigenvalue weighted by Gasteiger charge is -2.28. The standard InChI is InChI=1S/C18H23N3O6/c1-13(17(22)20-6-2-3-7-20)27-18(23)14-4-5-15(16(12-14)21(24)25)19-8-10-26-11-9-19/h4-5,12-13H,2-3,6-11H2,1H3. The van der Waals surface area contributed by atoms with Gasteiger partial charge >= 0.3 is 5.97 Å². The van der Waals surface area contributed by atoms with E-state index in [2.05, 4.69) is 0 Å². The summed E-state index contributed by atoms with van der Waals surface area (Å²) in [7, 11) is 0. The number of carbonyl (C=O) groups excluding carboxylic acids is 2. The zero-order valence-electron chi connectivity index (χ0n) is 15.3. The van der Waals surface area contributed by atoms with E-state index in [-0.39, 0.29) is 17.2 Å². The van der Waals surface area contributed by atoms with Crippen molar-refractivity contribution in [2.45, 2.75) is 25.9 Å². The van der Waals surface area contributed by atoms with Gasteiger partial charge in [-0.1, -0.05) is 0 Å². The summed E-state index contributed by atoms with van der Waals surface area (Å²) in [5.41, 5.74) is 0.339. The van der Waals surface area contributed by atoms with Crippen molar-refractivity contribution in [2.75, 3.05) is 44.3 Å². The van der Waals surface area contributed by atoms with Crippen LogP contribution in [0.25, 0.3) is 0 Å². The maximum absolute atomic E-state index is 12.4. The topological polar surface area (TPSA) is 102 Å². The maximum atomic E-state index is 12.4. The van der Waals surface area contributed by atoms with E-state index in [1.54, 1.807) is 11.0 Å². The van der Waals surface area contributed by atoms with E-state index in [0.717, 1.165) is 12.8 Å². The number of anilines is 1. The number of hydrogen-bond donors (Lipinski definition) is 0. The largest absolute Gasteiger partial charge is 0.449 e. The van der Waals surface area contributed by atoms with Gasteiger partial charge in [-0.3, -0.25) is 14.9 Å². The zero-order chi connectivity index (χ0) is 19.4. The third kappa shape index (κ3) is 4.36. The van der Waals surface area contributed by atoms with Crippen LogP contribution < -0.4 is 4.90 Å². The molecule has 146 valence electrons. The minimum atomic E-state index is -0.923. The first-order valence-electron chi connectivity index (χ1n) is 9.08. The van der Waals surface area contributed by atoms with Crippen LogP contribution in [0.15, 0.2) is 18.2 Å². The van der Waals surface area contributed by atoms with Crippen molar-refractivity contribution in [1.29, 1.82) is 0 Å². The summed E-state index contributed by atoms with van der Waals surface area (Å²) < 4.78 is 10.5. The molecule has 0 aromatic heterocycles. The highest BCUT2D eigenvalue weighted by Crippen LogP contribution is 2.30. The Balaban J connectivity index is 1.73. The smallest absolute Gasteiger partial charge is 0.339 e. The van der Waals surface area contributed by atoms with Crippen molar-refractivity contribution in [2.24, 2.45) is 0 Å². The van der Waals surface area contributed by atoms with Crippen molar-refractivity contribution >= 4 is 23.3 Å². The Morgan fingerprint density at radius 3 is 2.48 bits per heavy atom. The molecular formula is C18H23N3O6. The van der Waals surface area contributed by atoms with Gasteiger partial charge in [-0.05, 0) is 31.9 Å². The Morgan fingerprint density at radius 2 is 1.85 bits per heavy atom. The molecule has 1 amide bonds. The van der Waals surface area contributed by atoms with Gasteiger partial charge in [0.2, 0.25) is 0 Å². The highest BCUT2D eigenvalue weighted by molar-refractivity contribution is 5.93. The molecule has 1 atom stereocenters. The highest BCUT2D eigenvalue weighted by atomic mass is 16.6. The number of nitro benzene ring substituents is 1. The summed E-state index contributed by atoms with van der Waals surface area (Å²) >= 11 is 0. The molecule has 3 rings (SSSR count). The second kappa shape index (κ2) is 8.34. The highest BCUT2D eigenvalue weighted by Gasteiger charge is 2.28. The molecule has 0 radical (unpaired) electrons. The zero-order valence-corrected chi connectivity index (χ0v) is 15.3. The van der Waals surface area contributed by atoms with Gasteiger partial charge in [0, 0.05) is 32.2 Å². The van der Waals surface area contributed by atoms with Crippen molar-refractivity contribution in [3.8, 4) is 0 Å². The first-order valence-corrected chi connectivity index (χ1v) is 9.08. The lowest BCUT2D eigenvalue weighted by atomic mass is 10.1. The number of morpholine rings is 1. The lowest BCUT2D eigenvalue weighted by molar-refractivity contribution is -0.384. The summed E-state index contributed by atoms with van der Waals surface area (Å²) in [6.07, 6.45) is 0.969. The second-order valence-corrected chi connectivity index (χ2v) is 6.64. The van der Waals surface area contributed by atoms with Gasteiger partial charge in [0.05, 0.1) is 23.7 Å². The molecule has 1 unspecified atom stereocenters. The SMILES string of the molecule is CC(OC(=O)c1ccc(N2CCOCC2)c([N+](=O)[O-])c1)C(=O)N1CCCC1. The molecule has 9 heteroatoms. The van der Waals surface area contributed by atoms with Crippen LogP contribution in [0.4, 0.5) is 11.4 Å². The van der Waals surface area contributed by atoms with Gasteiger partial charge < -0.3 is 19.3 Å². The summed E-state index contributed by atoms with van der Waals surface area (Å²) in [5, 5.41) is 11.5. The van der Waals surface area contributed by atoms with E-state index < -0.39 is 17.0 Å². The predicted molar refractivity (Wildman–Crippen MR) is 96.8 cm³/mol. The van der Waals surface area contributed by atoms with Crippen molar-refractivity contribution in [1.82, 2.24) is 4.90 Å². The second-order valence-electron chi connectivity index (χ2n) is 6.64. The monoisotopic (exact) mass is 377 g/mol. The molecule has 2 fully saturated rings. The third-order valence-corrected chi connectivity index (χ3v) is 4.81. The van der Waals surface area contributed by atoms with E-state index in [0.29, 0.717) is 45.1 Å². The Morgan fingerprint density at radius 1 is 1.19 bits per heavy atom. The molecule has 0 bridgehead atoms. The number of carbonyl (C=O) groups is 2. The summed E-state index contributed by atoms with van der Waals surface area (Å²) in [5.74, 6) is -0.980. The third-order valence-electron chi connectivity index (χ3n) is 4.81. The van der Waals surface area contributed by atoms with Crippen molar-refractivity contribution in [3.05, 3.63) is 33.9 Å². The fraction of sp³-hybridized carbons (Fsp3) is 0.556. The van der Waals surface area contributed by atoms with Crippen LogP contribution >= 0.6 is 0 Å². The molecule has 2 heterocycles. The maximum Gasteiger partial charge on any atom is 0.339 e. The number of benzene rings is 1. The van der Waals surface area contributed by atoms with E-state index in [9.17, 15) is 19.7 Å². The first-order chi connectivity index (χ1) is 13.0. The number of amides is 1. The molecule has 0 aliphatic carbocycles.